The van der Waals surface area contributed by atoms with Crippen LogP contribution in [0.1, 0.15) is 10.4 Å². The minimum atomic E-state index is -0.731. The highest BCUT2D eigenvalue weighted by atomic mass is 79.9. The van der Waals surface area contributed by atoms with Crippen molar-refractivity contribution in [2.24, 2.45) is 0 Å². The van der Waals surface area contributed by atoms with Crippen LogP contribution in [0.4, 0.5) is 5.69 Å². The molecule has 0 unspecified atom stereocenters. The number of anilines is 1. The summed E-state index contributed by atoms with van der Waals surface area (Å²) in [5.41, 5.74) is 1.21. The standard InChI is InChI=1S/C17H15BrN2O3/c1-19-16(21)15-10-20(13-7-2-3-8-14(13)23-15)17(22)11-5-4-6-12(18)9-11/h2-9,15H,10H2,1H3,(H,19,21)/t15-/m1/s1. The number of benzene rings is 2. The summed E-state index contributed by atoms with van der Waals surface area (Å²) in [6.07, 6.45) is -0.731. The van der Waals surface area contributed by atoms with E-state index in [2.05, 4.69) is 21.2 Å². The van der Waals surface area contributed by atoms with Crippen LogP contribution in [0.2, 0.25) is 0 Å². The molecule has 0 aromatic heterocycles. The van der Waals surface area contributed by atoms with Gasteiger partial charge in [0, 0.05) is 17.1 Å². The molecule has 0 aliphatic carbocycles. The van der Waals surface area contributed by atoms with Crippen LogP contribution < -0.4 is 15.0 Å². The van der Waals surface area contributed by atoms with Gasteiger partial charge in [-0.2, -0.15) is 0 Å². The van der Waals surface area contributed by atoms with Gasteiger partial charge < -0.3 is 15.0 Å². The van der Waals surface area contributed by atoms with E-state index in [0.29, 0.717) is 17.0 Å². The second kappa shape index (κ2) is 6.42. The summed E-state index contributed by atoms with van der Waals surface area (Å²) < 4.78 is 6.54. The molecule has 1 aliphatic rings. The van der Waals surface area contributed by atoms with Gasteiger partial charge in [-0.3, -0.25) is 9.59 Å². The second-order valence-corrected chi connectivity index (χ2v) is 6.03. The average Bonchev–Trinajstić information content (AvgIpc) is 2.59. The molecule has 0 spiro atoms. The molecule has 1 atom stereocenters. The molecular weight excluding hydrogens is 360 g/mol. The van der Waals surface area contributed by atoms with Crippen molar-refractivity contribution in [3.63, 3.8) is 0 Å². The number of likely N-dealkylation sites (N-methyl/N-ethyl adjacent to an activating group) is 1. The first-order chi connectivity index (χ1) is 11.1. The van der Waals surface area contributed by atoms with Crippen molar-refractivity contribution in [2.45, 2.75) is 6.10 Å². The van der Waals surface area contributed by atoms with Crippen molar-refractivity contribution in [1.82, 2.24) is 5.32 Å². The Morgan fingerprint density at radius 1 is 1.22 bits per heavy atom. The third-order valence-electron chi connectivity index (χ3n) is 3.63. The van der Waals surface area contributed by atoms with Crippen molar-refractivity contribution < 1.29 is 14.3 Å². The predicted molar refractivity (Wildman–Crippen MR) is 90.7 cm³/mol. The van der Waals surface area contributed by atoms with Gasteiger partial charge in [-0.15, -0.1) is 0 Å². The van der Waals surface area contributed by atoms with Crippen LogP contribution in [0.3, 0.4) is 0 Å². The number of nitrogens with one attached hydrogen (secondary N) is 1. The van der Waals surface area contributed by atoms with Gasteiger partial charge in [-0.25, -0.2) is 0 Å². The molecule has 2 aromatic carbocycles. The van der Waals surface area contributed by atoms with Crippen LogP contribution >= 0.6 is 15.9 Å². The summed E-state index contributed by atoms with van der Waals surface area (Å²) in [6.45, 7) is 0.169. The van der Waals surface area contributed by atoms with E-state index in [-0.39, 0.29) is 18.4 Å². The van der Waals surface area contributed by atoms with E-state index in [1.54, 1.807) is 36.2 Å². The molecule has 0 radical (unpaired) electrons. The van der Waals surface area contributed by atoms with Crippen LogP contribution in [0.15, 0.2) is 53.0 Å². The van der Waals surface area contributed by atoms with E-state index in [1.807, 2.05) is 24.3 Å². The number of fused-ring (bicyclic) bond motifs is 1. The van der Waals surface area contributed by atoms with Crippen molar-refractivity contribution in [3.8, 4) is 5.75 Å². The SMILES string of the molecule is CNC(=O)[C@H]1CN(C(=O)c2cccc(Br)c2)c2ccccc2O1. The lowest BCUT2D eigenvalue weighted by Crippen LogP contribution is -2.50. The molecule has 0 fully saturated rings. The average molecular weight is 375 g/mol. The van der Waals surface area contributed by atoms with Crippen molar-refractivity contribution in [2.75, 3.05) is 18.5 Å². The van der Waals surface area contributed by atoms with Gasteiger partial charge in [-0.1, -0.05) is 34.1 Å². The summed E-state index contributed by atoms with van der Waals surface area (Å²) in [5.74, 6) is 0.0956. The molecule has 23 heavy (non-hydrogen) atoms. The smallest absolute Gasteiger partial charge is 0.262 e. The fourth-order valence-electron chi connectivity index (χ4n) is 2.50. The summed E-state index contributed by atoms with van der Waals surface area (Å²) in [6, 6.07) is 14.4. The number of nitrogens with zero attached hydrogens (tertiary/aromatic N) is 1. The first kappa shape index (κ1) is 15.6. The third-order valence-corrected chi connectivity index (χ3v) is 4.12. The number of ether oxygens (including phenoxy) is 1. The van der Waals surface area contributed by atoms with E-state index < -0.39 is 6.10 Å². The Hall–Kier alpha value is -2.34. The lowest BCUT2D eigenvalue weighted by atomic mass is 10.1. The first-order valence-electron chi connectivity index (χ1n) is 7.15. The highest BCUT2D eigenvalue weighted by Crippen LogP contribution is 2.34. The Kier molecular flexibility index (Phi) is 4.34. The van der Waals surface area contributed by atoms with E-state index in [0.717, 1.165) is 4.47 Å². The van der Waals surface area contributed by atoms with Gasteiger partial charge >= 0.3 is 0 Å². The van der Waals surface area contributed by atoms with Crippen LogP contribution in [0.25, 0.3) is 0 Å². The van der Waals surface area contributed by atoms with Gasteiger partial charge in [0.05, 0.1) is 12.2 Å². The molecule has 1 heterocycles. The number of hydrogen-bond donors (Lipinski definition) is 1. The third kappa shape index (κ3) is 3.07. The summed E-state index contributed by atoms with van der Waals surface area (Å²) in [7, 11) is 1.55. The molecule has 0 saturated carbocycles. The summed E-state index contributed by atoms with van der Waals surface area (Å²) >= 11 is 3.37. The molecule has 1 N–H and O–H groups in total. The molecule has 2 amide bonds. The number of rotatable bonds is 2. The zero-order chi connectivity index (χ0) is 16.4. The molecule has 3 rings (SSSR count). The van der Waals surface area contributed by atoms with Crippen LogP contribution in [-0.4, -0.2) is 31.5 Å². The Balaban J connectivity index is 1.99. The lowest BCUT2D eigenvalue weighted by molar-refractivity contribution is -0.127. The highest BCUT2D eigenvalue weighted by molar-refractivity contribution is 9.10. The van der Waals surface area contributed by atoms with Gasteiger partial charge in [0.2, 0.25) is 0 Å². The summed E-state index contributed by atoms with van der Waals surface area (Å²) in [4.78, 5) is 26.4. The number of halogens is 1. The predicted octanol–water partition coefficient (Wildman–Crippen LogP) is 2.60. The van der Waals surface area contributed by atoms with E-state index in [4.69, 9.17) is 4.74 Å². The number of carbonyl (C=O) groups is 2. The van der Waals surface area contributed by atoms with Crippen LogP contribution in [0, 0.1) is 0 Å². The number of amides is 2. The van der Waals surface area contributed by atoms with Gasteiger partial charge in [-0.05, 0) is 30.3 Å². The quantitative estimate of drug-likeness (QED) is 0.878. The largest absolute Gasteiger partial charge is 0.477 e. The normalized spacial score (nSPS) is 16.3. The minimum absolute atomic E-state index is 0.169. The van der Waals surface area contributed by atoms with E-state index in [1.165, 1.54) is 0 Å². The first-order valence-corrected chi connectivity index (χ1v) is 7.94. The van der Waals surface area contributed by atoms with Crippen LogP contribution in [0.5, 0.6) is 5.75 Å². The molecule has 1 aliphatic heterocycles. The molecule has 5 nitrogen and oxygen atoms in total. The molecule has 6 heteroatoms. The minimum Gasteiger partial charge on any atom is -0.477 e. The maximum Gasteiger partial charge on any atom is 0.262 e. The zero-order valence-corrected chi connectivity index (χ0v) is 14.0. The summed E-state index contributed by atoms with van der Waals surface area (Å²) in [5, 5.41) is 2.56. The fourth-order valence-corrected chi connectivity index (χ4v) is 2.90. The lowest BCUT2D eigenvalue weighted by Gasteiger charge is -2.34. The van der Waals surface area contributed by atoms with Crippen LogP contribution in [-0.2, 0) is 4.79 Å². The van der Waals surface area contributed by atoms with Crippen molar-refractivity contribution in [1.29, 1.82) is 0 Å². The monoisotopic (exact) mass is 374 g/mol. The maximum absolute atomic E-state index is 12.9. The Morgan fingerprint density at radius 3 is 2.74 bits per heavy atom. The molecule has 118 valence electrons. The maximum atomic E-state index is 12.9. The van der Waals surface area contributed by atoms with Crippen molar-refractivity contribution in [3.05, 3.63) is 58.6 Å². The number of carbonyl (C=O) groups excluding carboxylic acids is 2. The topological polar surface area (TPSA) is 58.6 Å². The highest BCUT2D eigenvalue weighted by Gasteiger charge is 2.33. The molecule has 0 bridgehead atoms. The number of para-hydroxylation sites is 2. The van der Waals surface area contributed by atoms with E-state index in [9.17, 15) is 9.59 Å². The Labute approximate surface area is 142 Å². The van der Waals surface area contributed by atoms with E-state index >= 15 is 0 Å². The van der Waals surface area contributed by atoms with Gasteiger partial charge in [0.1, 0.15) is 5.75 Å². The second-order valence-electron chi connectivity index (χ2n) is 5.11. The molecular formula is C17H15BrN2O3. The fraction of sp³-hybridized carbons (Fsp3) is 0.176. The Bertz CT molecular complexity index is 763. The van der Waals surface area contributed by atoms with Gasteiger partial charge in [0.15, 0.2) is 6.10 Å². The zero-order valence-electron chi connectivity index (χ0n) is 12.5. The number of hydrogen-bond acceptors (Lipinski definition) is 3. The van der Waals surface area contributed by atoms with Gasteiger partial charge in [0.25, 0.3) is 11.8 Å². The van der Waals surface area contributed by atoms with Crippen molar-refractivity contribution >= 4 is 33.4 Å². The Morgan fingerprint density at radius 2 is 2.00 bits per heavy atom. The molecule has 2 aromatic rings. The molecule has 0 saturated heterocycles.